The molecule has 0 aliphatic carbocycles. The molecule has 0 unspecified atom stereocenters. The summed E-state index contributed by atoms with van der Waals surface area (Å²) in [5.41, 5.74) is 1.83. The number of fused-ring (bicyclic) bond motifs is 1. The first kappa shape index (κ1) is 16.7. The maximum absolute atomic E-state index is 11.9. The van der Waals surface area contributed by atoms with Crippen LogP contribution in [0.5, 0.6) is 0 Å². The summed E-state index contributed by atoms with van der Waals surface area (Å²) in [6.45, 7) is 0. The molecule has 4 rings (SSSR count). The van der Waals surface area contributed by atoms with Crippen LogP contribution in [0.1, 0.15) is 0 Å². The van der Waals surface area contributed by atoms with E-state index >= 15 is 0 Å². The second-order valence-corrected chi connectivity index (χ2v) is 7.38. The van der Waals surface area contributed by atoms with Crippen molar-refractivity contribution in [2.24, 2.45) is 0 Å². The second kappa shape index (κ2) is 7.63. The molecule has 4 aromatic rings. The molecule has 26 heavy (non-hydrogen) atoms. The fourth-order valence-electron chi connectivity index (χ4n) is 2.48. The molecule has 5 nitrogen and oxygen atoms in total. The lowest BCUT2D eigenvalue weighted by atomic mass is 10.1. The number of aromatic nitrogens is 3. The van der Waals surface area contributed by atoms with Gasteiger partial charge in [-0.2, -0.15) is 0 Å². The molecule has 0 aliphatic heterocycles. The second-order valence-electron chi connectivity index (χ2n) is 5.49. The molecule has 0 atom stereocenters. The Balaban J connectivity index is 1.41. The smallest absolute Gasteiger partial charge is 0.236 e. The van der Waals surface area contributed by atoms with Crippen molar-refractivity contribution in [1.29, 1.82) is 0 Å². The number of nitrogens with zero attached hydrogens (tertiary/aromatic N) is 3. The van der Waals surface area contributed by atoms with Gasteiger partial charge in [-0.05, 0) is 29.0 Å². The molecule has 1 N–H and O–H groups in total. The van der Waals surface area contributed by atoms with Crippen molar-refractivity contribution >= 4 is 44.9 Å². The molecule has 0 spiro atoms. The number of hydrogen-bond donors (Lipinski definition) is 1. The highest BCUT2D eigenvalue weighted by Gasteiger charge is 2.07. The predicted molar refractivity (Wildman–Crippen MR) is 106 cm³/mol. The molecule has 7 heteroatoms. The van der Waals surface area contributed by atoms with Gasteiger partial charge in [0.1, 0.15) is 5.03 Å². The Morgan fingerprint density at radius 1 is 1.04 bits per heavy atom. The lowest BCUT2D eigenvalue weighted by Crippen LogP contribution is -2.13. The first-order valence-corrected chi connectivity index (χ1v) is 9.79. The molecule has 1 amide bonds. The van der Waals surface area contributed by atoms with Crippen LogP contribution in [0.2, 0.25) is 0 Å². The summed E-state index contributed by atoms with van der Waals surface area (Å²) in [7, 11) is 0. The molecule has 0 saturated heterocycles. The number of thioether (sulfide) groups is 1. The topological polar surface area (TPSA) is 67.8 Å². The largest absolute Gasteiger partial charge is 0.301 e. The van der Waals surface area contributed by atoms with Gasteiger partial charge in [0.25, 0.3) is 0 Å². The Kier molecular flexibility index (Phi) is 4.90. The number of carbonyl (C=O) groups is 1. The third kappa shape index (κ3) is 3.89. The quantitative estimate of drug-likeness (QED) is 0.519. The fourth-order valence-corrected chi connectivity index (χ4v) is 3.64. The van der Waals surface area contributed by atoms with E-state index in [1.165, 1.54) is 33.9 Å². The Morgan fingerprint density at radius 3 is 2.69 bits per heavy atom. The minimum Gasteiger partial charge on any atom is -0.301 e. The van der Waals surface area contributed by atoms with E-state index in [4.69, 9.17) is 0 Å². The van der Waals surface area contributed by atoms with E-state index in [-0.39, 0.29) is 11.7 Å². The van der Waals surface area contributed by atoms with Gasteiger partial charge in [0.15, 0.2) is 5.13 Å². The Hall–Kier alpha value is -2.77. The van der Waals surface area contributed by atoms with Crippen LogP contribution in [0.25, 0.3) is 22.0 Å². The van der Waals surface area contributed by atoms with E-state index < -0.39 is 0 Å². The fraction of sp³-hybridized carbons (Fsp3) is 0.0526. The summed E-state index contributed by atoms with van der Waals surface area (Å²) in [4.78, 5) is 15.9. The van der Waals surface area contributed by atoms with Crippen molar-refractivity contribution in [2.45, 2.75) is 5.03 Å². The highest BCUT2D eigenvalue weighted by molar-refractivity contribution is 7.99. The van der Waals surface area contributed by atoms with Crippen LogP contribution in [-0.4, -0.2) is 26.8 Å². The van der Waals surface area contributed by atoms with Crippen molar-refractivity contribution in [3.63, 3.8) is 0 Å². The lowest BCUT2D eigenvalue weighted by Gasteiger charge is -2.04. The van der Waals surface area contributed by atoms with Crippen LogP contribution in [0.15, 0.2) is 71.2 Å². The Labute approximate surface area is 158 Å². The number of benzene rings is 2. The van der Waals surface area contributed by atoms with Crippen molar-refractivity contribution < 1.29 is 4.79 Å². The average molecular weight is 378 g/mol. The van der Waals surface area contributed by atoms with Crippen LogP contribution in [0.4, 0.5) is 5.13 Å². The molecule has 2 aromatic carbocycles. The van der Waals surface area contributed by atoms with Gasteiger partial charge in [-0.3, -0.25) is 4.79 Å². The number of anilines is 1. The third-order valence-corrected chi connectivity index (χ3v) is 5.32. The molecular weight excluding hydrogens is 364 g/mol. The number of hydrogen-bond acceptors (Lipinski definition) is 6. The van der Waals surface area contributed by atoms with Crippen molar-refractivity contribution in [3.05, 3.63) is 66.2 Å². The van der Waals surface area contributed by atoms with Crippen molar-refractivity contribution in [2.75, 3.05) is 11.1 Å². The minimum absolute atomic E-state index is 0.106. The highest BCUT2D eigenvalue weighted by Crippen LogP contribution is 2.24. The van der Waals surface area contributed by atoms with Crippen LogP contribution in [-0.2, 0) is 4.79 Å². The van der Waals surface area contributed by atoms with Gasteiger partial charge in [-0.15, -0.1) is 21.5 Å². The normalized spacial score (nSPS) is 10.8. The van der Waals surface area contributed by atoms with Crippen LogP contribution < -0.4 is 5.32 Å². The molecule has 0 radical (unpaired) electrons. The summed E-state index contributed by atoms with van der Waals surface area (Å²) in [6.07, 6.45) is 1.66. The number of nitrogens with one attached hydrogen (secondary N) is 1. The van der Waals surface area contributed by atoms with Gasteiger partial charge in [0.05, 0.1) is 11.4 Å². The monoisotopic (exact) mass is 378 g/mol. The van der Waals surface area contributed by atoms with Gasteiger partial charge in [-0.1, -0.05) is 48.2 Å². The summed E-state index contributed by atoms with van der Waals surface area (Å²) in [6, 6.07) is 18.3. The van der Waals surface area contributed by atoms with Crippen molar-refractivity contribution in [3.8, 4) is 11.3 Å². The Bertz CT molecular complexity index is 1030. The van der Waals surface area contributed by atoms with E-state index in [2.05, 4.69) is 44.8 Å². The van der Waals surface area contributed by atoms with Gasteiger partial charge in [0, 0.05) is 17.1 Å². The van der Waals surface area contributed by atoms with Gasteiger partial charge < -0.3 is 5.32 Å². The first-order valence-electron chi connectivity index (χ1n) is 7.93. The third-order valence-electron chi connectivity index (χ3n) is 3.72. The molecule has 2 aromatic heterocycles. The number of rotatable bonds is 5. The van der Waals surface area contributed by atoms with Gasteiger partial charge in [-0.25, -0.2) is 4.98 Å². The zero-order valence-electron chi connectivity index (χ0n) is 13.6. The van der Waals surface area contributed by atoms with Crippen LogP contribution in [0.3, 0.4) is 0 Å². The minimum atomic E-state index is -0.106. The van der Waals surface area contributed by atoms with E-state index in [1.807, 2.05) is 35.7 Å². The van der Waals surface area contributed by atoms with E-state index in [1.54, 1.807) is 6.20 Å². The number of amides is 1. The van der Waals surface area contributed by atoms with E-state index in [0.29, 0.717) is 10.2 Å². The standard InChI is InChI=1S/C19H14N4OS2/c24-17(21-19-20-9-10-25-19)12-26-18-8-7-16(22-23-18)15-6-5-13-3-1-2-4-14(13)11-15/h1-11H,12H2,(H,20,21,24). The summed E-state index contributed by atoms with van der Waals surface area (Å²) >= 11 is 2.74. The summed E-state index contributed by atoms with van der Waals surface area (Å²) in [5.74, 6) is 0.161. The average Bonchev–Trinajstić information content (AvgIpc) is 3.19. The van der Waals surface area contributed by atoms with E-state index in [9.17, 15) is 4.79 Å². The number of thiazole rings is 1. The van der Waals surface area contributed by atoms with E-state index in [0.717, 1.165) is 11.3 Å². The molecular formula is C19H14N4OS2. The van der Waals surface area contributed by atoms with Crippen molar-refractivity contribution in [1.82, 2.24) is 15.2 Å². The first-order chi connectivity index (χ1) is 12.8. The maximum atomic E-state index is 11.9. The van der Waals surface area contributed by atoms with Gasteiger partial charge in [0.2, 0.25) is 5.91 Å². The molecule has 128 valence electrons. The molecule has 0 fully saturated rings. The molecule has 2 heterocycles. The molecule has 0 aliphatic rings. The summed E-state index contributed by atoms with van der Waals surface area (Å²) in [5, 5.41) is 16.8. The van der Waals surface area contributed by atoms with Crippen LogP contribution >= 0.6 is 23.1 Å². The zero-order chi connectivity index (χ0) is 17.8. The highest BCUT2D eigenvalue weighted by atomic mass is 32.2. The van der Waals surface area contributed by atoms with Crippen LogP contribution in [0, 0.1) is 0 Å². The molecule has 0 bridgehead atoms. The lowest BCUT2D eigenvalue weighted by molar-refractivity contribution is -0.113. The van der Waals surface area contributed by atoms with Gasteiger partial charge >= 0.3 is 0 Å². The zero-order valence-corrected chi connectivity index (χ0v) is 15.3. The molecule has 0 saturated carbocycles. The SMILES string of the molecule is O=C(CSc1ccc(-c2ccc3ccccc3c2)nn1)Nc1nccs1. The maximum Gasteiger partial charge on any atom is 0.236 e. The predicted octanol–water partition coefficient (Wildman–Crippen LogP) is 4.48. The Morgan fingerprint density at radius 2 is 1.92 bits per heavy atom. The number of carbonyl (C=O) groups excluding carboxylic acids is 1. The summed E-state index contributed by atoms with van der Waals surface area (Å²) < 4.78 is 0.